The summed E-state index contributed by atoms with van der Waals surface area (Å²) in [5, 5.41) is 8.44. The van der Waals surface area contributed by atoms with Gasteiger partial charge in [0.15, 0.2) is 0 Å². The molecule has 0 aliphatic heterocycles. The molecule has 0 aliphatic rings. The normalized spacial score (nSPS) is 11.1. The van der Waals surface area contributed by atoms with E-state index in [9.17, 15) is 4.79 Å². The highest BCUT2D eigenvalue weighted by Crippen LogP contribution is 2.16. The molecule has 0 aliphatic carbocycles. The van der Waals surface area contributed by atoms with E-state index >= 15 is 0 Å². The second-order valence-corrected chi connectivity index (χ2v) is 6.18. The van der Waals surface area contributed by atoms with Gasteiger partial charge in [-0.3, -0.25) is 4.72 Å². The van der Waals surface area contributed by atoms with Gasteiger partial charge in [-0.15, -0.1) is 0 Å². The van der Waals surface area contributed by atoms with Gasteiger partial charge >= 0.3 is 5.97 Å². The zero-order valence-corrected chi connectivity index (χ0v) is 13.8. The largest absolute Gasteiger partial charge is 0.478 e. The Kier molecular flexibility index (Phi) is 10.2. The zero-order valence-electron chi connectivity index (χ0n) is 13.0. The van der Waals surface area contributed by atoms with Gasteiger partial charge in [-0.25, -0.2) is 4.79 Å². The highest BCUT2D eigenvalue weighted by atomic mass is 32.2. The second-order valence-electron chi connectivity index (χ2n) is 5.22. The molecule has 5 heteroatoms. The van der Waals surface area contributed by atoms with Crippen LogP contribution in [-0.2, 0) is 4.79 Å². The third-order valence-corrected chi connectivity index (χ3v) is 4.09. The van der Waals surface area contributed by atoms with E-state index in [0.717, 1.165) is 25.1 Å². The molecule has 0 saturated heterocycles. The van der Waals surface area contributed by atoms with E-state index in [0.29, 0.717) is 0 Å². The summed E-state index contributed by atoms with van der Waals surface area (Å²) in [7, 11) is 0. The van der Waals surface area contributed by atoms with Crippen molar-refractivity contribution >= 4 is 23.6 Å². The van der Waals surface area contributed by atoms with Gasteiger partial charge in [0, 0.05) is 23.2 Å². The second kappa shape index (κ2) is 12.1. The number of unbranched alkanes of at least 4 members (excludes halogenated alkanes) is 6. The molecule has 0 bridgehead atoms. The Hall–Kier alpha value is -1.46. The fourth-order valence-electron chi connectivity index (χ4n) is 2.02. The van der Waals surface area contributed by atoms with Crippen LogP contribution in [-0.4, -0.2) is 17.6 Å². The third-order valence-electron chi connectivity index (χ3n) is 3.23. The van der Waals surface area contributed by atoms with Gasteiger partial charge in [0.2, 0.25) is 0 Å². The van der Waals surface area contributed by atoms with E-state index in [4.69, 9.17) is 10.8 Å². The van der Waals surface area contributed by atoms with Crippen LogP contribution >= 0.6 is 11.9 Å². The molecule has 0 spiro atoms. The fourth-order valence-corrected chi connectivity index (χ4v) is 2.71. The van der Waals surface area contributed by atoms with E-state index in [1.54, 1.807) is 18.0 Å². The van der Waals surface area contributed by atoms with E-state index in [-0.39, 0.29) is 0 Å². The molecule has 0 fully saturated rings. The van der Waals surface area contributed by atoms with Crippen LogP contribution < -0.4 is 10.5 Å². The van der Waals surface area contributed by atoms with Gasteiger partial charge in [0.25, 0.3) is 0 Å². The van der Waals surface area contributed by atoms with Crippen molar-refractivity contribution in [3.05, 3.63) is 36.4 Å². The first-order valence-electron chi connectivity index (χ1n) is 7.83. The smallest absolute Gasteiger partial charge is 0.327 e. The van der Waals surface area contributed by atoms with Crippen LogP contribution in [0.4, 0.5) is 5.69 Å². The SMILES string of the molecule is Nc1ccc(SNCCCCCCCC/C=C/C(=O)O)cc1. The highest BCUT2D eigenvalue weighted by Gasteiger charge is 1.94. The maximum Gasteiger partial charge on any atom is 0.327 e. The lowest BCUT2D eigenvalue weighted by Gasteiger charge is -2.04. The molecule has 22 heavy (non-hydrogen) atoms. The maximum absolute atomic E-state index is 10.3. The van der Waals surface area contributed by atoms with Crippen LogP contribution in [0.3, 0.4) is 0 Å². The molecule has 1 aromatic carbocycles. The predicted octanol–water partition coefficient (Wildman–Crippen LogP) is 4.24. The predicted molar refractivity (Wildman–Crippen MR) is 93.8 cm³/mol. The lowest BCUT2D eigenvalue weighted by molar-refractivity contribution is -0.131. The number of carboxylic acid groups (broad SMARTS) is 1. The monoisotopic (exact) mass is 322 g/mol. The van der Waals surface area contributed by atoms with Crippen molar-refractivity contribution in [2.75, 3.05) is 12.3 Å². The van der Waals surface area contributed by atoms with E-state index in [1.165, 1.54) is 43.1 Å². The molecule has 0 atom stereocenters. The highest BCUT2D eigenvalue weighted by molar-refractivity contribution is 7.97. The molecule has 0 saturated carbocycles. The summed E-state index contributed by atoms with van der Waals surface area (Å²) in [4.78, 5) is 11.4. The number of carboxylic acids is 1. The fraction of sp³-hybridized carbons (Fsp3) is 0.471. The molecular weight excluding hydrogens is 296 g/mol. The number of aliphatic carboxylic acids is 1. The lowest BCUT2D eigenvalue weighted by atomic mass is 10.1. The van der Waals surface area contributed by atoms with Crippen molar-refractivity contribution in [2.24, 2.45) is 0 Å². The lowest BCUT2D eigenvalue weighted by Crippen LogP contribution is -2.05. The van der Waals surface area contributed by atoms with Crippen LogP contribution in [0.1, 0.15) is 44.9 Å². The molecule has 1 rings (SSSR count). The maximum atomic E-state index is 10.3. The summed E-state index contributed by atoms with van der Waals surface area (Å²) < 4.78 is 3.36. The van der Waals surface area contributed by atoms with Crippen molar-refractivity contribution in [1.29, 1.82) is 0 Å². The van der Waals surface area contributed by atoms with E-state index in [2.05, 4.69) is 4.72 Å². The van der Waals surface area contributed by atoms with E-state index < -0.39 is 5.97 Å². The van der Waals surface area contributed by atoms with E-state index in [1.807, 2.05) is 24.3 Å². The van der Waals surface area contributed by atoms with Gasteiger partial charge in [0.05, 0.1) is 0 Å². The third kappa shape index (κ3) is 10.3. The number of nitrogen functional groups attached to an aromatic ring is 1. The molecule has 4 nitrogen and oxygen atoms in total. The van der Waals surface area contributed by atoms with Gasteiger partial charge < -0.3 is 10.8 Å². The van der Waals surface area contributed by atoms with Crippen molar-refractivity contribution in [2.45, 2.75) is 49.8 Å². The molecular formula is C17H26N2O2S. The molecule has 0 amide bonds. The Morgan fingerprint density at radius 2 is 1.73 bits per heavy atom. The van der Waals surface area contributed by atoms with Crippen molar-refractivity contribution in [1.82, 2.24) is 4.72 Å². The average Bonchev–Trinajstić information content (AvgIpc) is 2.50. The summed E-state index contributed by atoms with van der Waals surface area (Å²) in [6, 6.07) is 7.86. The number of nitrogens with one attached hydrogen (secondary N) is 1. The molecule has 122 valence electrons. The number of benzene rings is 1. The summed E-state index contributed by atoms with van der Waals surface area (Å²) in [5.41, 5.74) is 6.44. The first kappa shape index (κ1) is 18.6. The number of anilines is 1. The van der Waals surface area contributed by atoms with Crippen LogP contribution in [0.5, 0.6) is 0 Å². The molecule has 0 aromatic heterocycles. The quantitative estimate of drug-likeness (QED) is 0.232. The number of nitrogens with two attached hydrogens (primary N) is 1. The van der Waals surface area contributed by atoms with Crippen molar-refractivity contribution in [3.63, 3.8) is 0 Å². The minimum absolute atomic E-state index is 0.794. The van der Waals surface area contributed by atoms with Gasteiger partial charge in [-0.1, -0.05) is 31.8 Å². The topological polar surface area (TPSA) is 75.3 Å². The molecule has 1 aromatic rings. The van der Waals surface area contributed by atoms with Gasteiger partial charge in [-0.05, 0) is 55.5 Å². The molecule has 0 heterocycles. The number of hydrogen-bond acceptors (Lipinski definition) is 4. The molecule has 0 unspecified atom stereocenters. The Morgan fingerprint density at radius 1 is 1.09 bits per heavy atom. The Labute approximate surface area is 137 Å². The average molecular weight is 322 g/mol. The van der Waals surface area contributed by atoms with Crippen molar-refractivity contribution in [3.8, 4) is 0 Å². The number of allylic oxidation sites excluding steroid dienone is 1. The van der Waals surface area contributed by atoms with Crippen LogP contribution in [0.25, 0.3) is 0 Å². The standard InChI is InChI=1S/C17H26N2O2S/c18-15-10-12-16(13-11-15)22-19-14-8-6-4-2-1-3-5-7-9-17(20)21/h7,9-13,19H,1-6,8,14,18H2,(H,20,21)/b9-7+. The zero-order chi connectivity index (χ0) is 16.0. The first-order valence-corrected chi connectivity index (χ1v) is 8.65. The Morgan fingerprint density at radius 3 is 2.41 bits per heavy atom. The van der Waals surface area contributed by atoms with Crippen LogP contribution in [0.15, 0.2) is 41.3 Å². The van der Waals surface area contributed by atoms with Crippen LogP contribution in [0, 0.1) is 0 Å². The van der Waals surface area contributed by atoms with Crippen LogP contribution in [0.2, 0.25) is 0 Å². The Balaban J connectivity index is 1.85. The van der Waals surface area contributed by atoms with Crippen molar-refractivity contribution < 1.29 is 9.90 Å². The number of rotatable bonds is 12. The summed E-state index contributed by atoms with van der Waals surface area (Å²) in [6.07, 6.45) is 11.0. The number of hydrogen-bond donors (Lipinski definition) is 3. The molecule has 4 N–H and O–H groups in total. The summed E-state index contributed by atoms with van der Waals surface area (Å²) in [6.45, 7) is 1.01. The summed E-state index contributed by atoms with van der Waals surface area (Å²) >= 11 is 1.65. The minimum Gasteiger partial charge on any atom is -0.478 e. The van der Waals surface area contributed by atoms with Gasteiger partial charge in [-0.2, -0.15) is 0 Å². The van der Waals surface area contributed by atoms with Gasteiger partial charge in [0.1, 0.15) is 0 Å². The first-order chi connectivity index (χ1) is 10.7. The molecule has 0 radical (unpaired) electrons. The minimum atomic E-state index is -0.857. The Bertz CT molecular complexity index is 446. The number of carbonyl (C=O) groups is 1. The summed E-state index contributed by atoms with van der Waals surface area (Å²) in [5.74, 6) is -0.857.